The summed E-state index contributed by atoms with van der Waals surface area (Å²) in [5.74, 6) is 0. The maximum atomic E-state index is 13.1. The summed E-state index contributed by atoms with van der Waals surface area (Å²) in [7, 11) is -3.88. The molecular formula is C32H33NO3S. The fourth-order valence-electron chi connectivity index (χ4n) is 5.73. The summed E-state index contributed by atoms with van der Waals surface area (Å²) in [6, 6.07) is 38.6. The smallest absolute Gasteiger partial charge is 0.275 e. The molecule has 0 aromatic heterocycles. The van der Waals surface area contributed by atoms with E-state index in [0.717, 1.165) is 31.4 Å². The van der Waals surface area contributed by atoms with Gasteiger partial charge in [0.15, 0.2) is 0 Å². The predicted molar refractivity (Wildman–Crippen MR) is 148 cm³/mol. The van der Waals surface area contributed by atoms with Gasteiger partial charge in [0.2, 0.25) is 0 Å². The van der Waals surface area contributed by atoms with Crippen molar-refractivity contribution in [1.29, 1.82) is 0 Å². The highest BCUT2D eigenvalue weighted by Crippen LogP contribution is 2.46. The van der Waals surface area contributed by atoms with Crippen LogP contribution in [0.5, 0.6) is 0 Å². The van der Waals surface area contributed by atoms with E-state index in [1.165, 1.54) is 16.7 Å². The summed E-state index contributed by atoms with van der Waals surface area (Å²) in [5.41, 5.74) is 4.07. The molecule has 0 amide bonds. The van der Waals surface area contributed by atoms with Crippen LogP contribution in [0.2, 0.25) is 0 Å². The van der Waals surface area contributed by atoms with Gasteiger partial charge in [0.25, 0.3) is 10.1 Å². The second-order valence-corrected chi connectivity index (χ2v) is 11.4. The molecule has 37 heavy (non-hydrogen) atoms. The van der Waals surface area contributed by atoms with Gasteiger partial charge in [0.05, 0.1) is 10.3 Å². The quantitative estimate of drug-likeness (QED) is 0.199. The summed E-state index contributed by atoms with van der Waals surface area (Å²) in [6.45, 7) is 2.71. The summed E-state index contributed by atoms with van der Waals surface area (Å²) in [6.07, 6.45) is 2.99. The zero-order valence-corrected chi connectivity index (χ0v) is 22.0. The Hall–Kier alpha value is -3.25. The first-order chi connectivity index (χ1) is 18.0. The van der Waals surface area contributed by atoms with Crippen molar-refractivity contribution in [1.82, 2.24) is 4.90 Å². The highest BCUT2D eigenvalue weighted by atomic mass is 32.2. The summed E-state index contributed by atoms with van der Waals surface area (Å²) in [4.78, 5) is 2.41. The van der Waals surface area contributed by atoms with Gasteiger partial charge in [-0.3, -0.25) is 9.08 Å². The number of rotatable bonds is 8. The van der Waals surface area contributed by atoms with Crippen molar-refractivity contribution in [2.24, 2.45) is 0 Å². The zero-order valence-electron chi connectivity index (χ0n) is 21.2. The Kier molecular flexibility index (Phi) is 7.56. The van der Waals surface area contributed by atoms with Crippen LogP contribution < -0.4 is 0 Å². The molecule has 190 valence electrons. The molecule has 4 aromatic carbocycles. The van der Waals surface area contributed by atoms with Gasteiger partial charge >= 0.3 is 0 Å². The first-order valence-corrected chi connectivity index (χ1v) is 14.3. The van der Waals surface area contributed by atoms with Crippen LogP contribution in [-0.2, 0) is 19.7 Å². The van der Waals surface area contributed by atoms with Gasteiger partial charge in [-0.25, -0.2) is 0 Å². The van der Waals surface area contributed by atoms with Crippen LogP contribution >= 0.6 is 0 Å². The van der Waals surface area contributed by atoms with Crippen LogP contribution in [0.1, 0.15) is 41.5 Å². The summed E-state index contributed by atoms with van der Waals surface area (Å²) < 4.78 is 31.9. The monoisotopic (exact) mass is 511 g/mol. The van der Waals surface area contributed by atoms with Crippen LogP contribution in [0.15, 0.2) is 120 Å². The maximum Gasteiger partial charge on any atom is 0.298 e. The van der Waals surface area contributed by atoms with E-state index in [4.69, 9.17) is 4.18 Å². The van der Waals surface area contributed by atoms with Gasteiger partial charge in [-0.1, -0.05) is 115 Å². The Morgan fingerprint density at radius 1 is 0.730 bits per heavy atom. The standard InChI is InChI=1S/C32H33NO3S/c1-26-20-22-30(23-21-26)37(34,35)36-25-33-24-12-11-19-31(33)32(27-13-5-2-6-14-27,28-15-7-3-8-16-28)29-17-9-4-10-18-29/h2-10,13-18,20-23,31H,11-12,19,24-25H2,1H3. The van der Waals surface area contributed by atoms with Crippen molar-refractivity contribution < 1.29 is 12.6 Å². The molecule has 0 N–H and O–H groups in total. The number of likely N-dealkylation sites (tertiary alicyclic amines) is 1. The van der Waals surface area contributed by atoms with Crippen LogP contribution in [0.3, 0.4) is 0 Å². The van der Waals surface area contributed by atoms with E-state index in [2.05, 4.69) is 77.7 Å². The van der Waals surface area contributed by atoms with Crippen LogP contribution in [0, 0.1) is 6.92 Å². The second kappa shape index (κ2) is 11.0. The third-order valence-corrected chi connectivity index (χ3v) is 8.75. The van der Waals surface area contributed by atoms with E-state index >= 15 is 0 Å². The molecule has 4 aromatic rings. The Balaban J connectivity index is 1.60. The highest BCUT2D eigenvalue weighted by Gasteiger charge is 2.47. The van der Waals surface area contributed by atoms with Crippen molar-refractivity contribution in [2.75, 3.05) is 13.3 Å². The van der Waals surface area contributed by atoms with Gasteiger partial charge in [0, 0.05) is 12.6 Å². The van der Waals surface area contributed by atoms with Crippen molar-refractivity contribution in [2.45, 2.75) is 42.5 Å². The lowest BCUT2D eigenvalue weighted by Gasteiger charge is -2.49. The molecule has 0 radical (unpaired) electrons. The molecule has 1 unspecified atom stereocenters. The lowest BCUT2D eigenvalue weighted by molar-refractivity contribution is 0.0386. The van der Waals surface area contributed by atoms with E-state index in [1.54, 1.807) is 24.3 Å². The molecule has 1 aliphatic heterocycles. The van der Waals surface area contributed by atoms with Gasteiger partial charge in [-0.05, 0) is 48.6 Å². The second-order valence-electron chi connectivity index (χ2n) is 9.74. The van der Waals surface area contributed by atoms with Gasteiger partial charge < -0.3 is 0 Å². The lowest BCUT2D eigenvalue weighted by atomic mass is 9.62. The number of hydrogen-bond donors (Lipinski definition) is 0. The number of nitrogens with zero attached hydrogens (tertiary/aromatic N) is 1. The van der Waals surface area contributed by atoms with Crippen molar-refractivity contribution in [3.8, 4) is 0 Å². The normalized spacial score (nSPS) is 16.9. The minimum absolute atomic E-state index is 0.00154. The molecular weight excluding hydrogens is 478 g/mol. The van der Waals surface area contributed by atoms with Crippen molar-refractivity contribution in [3.63, 3.8) is 0 Å². The minimum Gasteiger partial charge on any atom is -0.275 e. The van der Waals surface area contributed by atoms with Crippen molar-refractivity contribution in [3.05, 3.63) is 138 Å². The molecule has 0 saturated carbocycles. The molecule has 0 aliphatic carbocycles. The van der Waals surface area contributed by atoms with Crippen LogP contribution in [0.25, 0.3) is 0 Å². The molecule has 1 aliphatic rings. The number of piperidine rings is 1. The lowest BCUT2D eigenvalue weighted by Crippen LogP contribution is -2.55. The molecule has 0 bridgehead atoms. The van der Waals surface area contributed by atoms with Gasteiger partial charge in [-0.2, -0.15) is 8.42 Å². The zero-order chi connectivity index (χ0) is 25.7. The average Bonchev–Trinajstić information content (AvgIpc) is 2.95. The maximum absolute atomic E-state index is 13.1. The van der Waals surface area contributed by atoms with Crippen molar-refractivity contribution >= 4 is 10.1 Å². The Bertz CT molecular complexity index is 1290. The highest BCUT2D eigenvalue weighted by molar-refractivity contribution is 7.86. The third kappa shape index (κ3) is 5.12. The molecule has 5 rings (SSSR count). The molecule has 0 spiro atoms. The largest absolute Gasteiger partial charge is 0.298 e. The molecule has 5 heteroatoms. The van der Waals surface area contributed by atoms with E-state index < -0.39 is 15.5 Å². The van der Waals surface area contributed by atoms with E-state index in [1.807, 2.05) is 25.1 Å². The van der Waals surface area contributed by atoms with Crippen LogP contribution in [-0.4, -0.2) is 32.6 Å². The topological polar surface area (TPSA) is 46.6 Å². The van der Waals surface area contributed by atoms with Crippen LogP contribution in [0.4, 0.5) is 0 Å². The van der Waals surface area contributed by atoms with Gasteiger partial charge in [0.1, 0.15) is 6.73 Å². The molecule has 1 atom stereocenters. The fourth-order valence-corrected chi connectivity index (χ4v) is 6.61. The third-order valence-electron chi connectivity index (χ3n) is 7.48. The Labute approximate surface area is 220 Å². The first kappa shape index (κ1) is 25.4. The van der Waals surface area contributed by atoms with Gasteiger partial charge in [-0.15, -0.1) is 0 Å². The predicted octanol–water partition coefficient (Wildman–Crippen LogP) is 6.55. The minimum atomic E-state index is -3.88. The number of hydrogen-bond acceptors (Lipinski definition) is 4. The van der Waals surface area contributed by atoms with E-state index in [-0.39, 0.29) is 17.7 Å². The summed E-state index contributed by atoms with van der Waals surface area (Å²) >= 11 is 0. The average molecular weight is 512 g/mol. The molecule has 1 saturated heterocycles. The molecule has 4 nitrogen and oxygen atoms in total. The number of aryl methyl sites for hydroxylation is 1. The molecule has 1 fully saturated rings. The molecule has 1 heterocycles. The number of benzene rings is 4. The van der Waals surface area contributed by atoms with E-state index in [9.17, 15) is 8.42 Å². The summed E-state index contributed by atoms with van der Waals surface area (Å²) in [5, 5.41) is 0. The first-order valence-electron chi connectivity index (χ1n) is 12.9. The Morgan fingerprint density at radius 2 is 1.22 bits per heavy atom. The fraction of sp³-hybridized carbons (Fsp3) is 0.250. The SMILES string of the molecule is Cc1ccc(S(=O)(=O)OCN2CCCCC2C(c2ccccc2)(c2ccccc2)c2ccccc2)cc1. The van der Waals surface area contributed by atoms with E-state index in [0.29, 0.717) is 0 Å². The Morgan fingerprint density at radius 3 is 1.70 bits per heavy atom.